The molecule has 0 aliphatic heterocycles. The van der Waals surface area contributed by atoms with Gasteiger partial charge in [-0.15, -0.1) is 0 Å². The molecule has 1 unspecified atom stereocenters. The summed E-state index contributed by atoms with van der Waals surface area (Å²) in [5, 5.41) is 11.5. The molecular formula is C6H16N2O. The first kappa shape index (κ1) is 8.88. The van der Waals surface area contributed by atoms with Gasteiger partial charge in [-0.05, 0) is 19.9 Å². The van der Waals surface area contributed by atoms with Crippen LogP contribution in [0.5, 0.6) is 0 Å². The van der Waals surface area contributed by atoms with E-state index < -0.39 is 0 Å². The van der Waals surface area contributed by atoms with Crippen LogP contribution in [0.2, 0.25) is 0 Å². The predicted octanol–water partition coefficient (Wildman–Crippen LogP) is -0.694. The maximum absolute atomic E-state index is 8.44. The van der Waals surface area contributed by atoms with Crippen molar-refractivity contribution in [2.24, 2.45) is 5.73 Å². The van der Waals surface area contributed by atoms with Gasteiger partial charge in [-0.25, -0.2) is 0 Å². The zero-order chi connectivity index (χ0) is 7.11. The number of aliphatic hydroxyl groups excluding tert-OH is 1. The summed E-state index contributed by atoms with van der Waals surface area (Å²) in [6.45, 7) is 0.911. The standard InChI is InChI=1S/C6H16N2O/c1-8-6(5-7)3-2-4-9/h6,8-9H,2-5,7H2,1H3. The molecule has 3 nitrogen and oxygen atoms in total. The molecule has 3 heteroatoms. The second kappa shape index (κ2) is 6.01. The Morgan fingerprint density at radius 3 is 2.67 bits per heavy atom. The van der Waals surface area contributed by atoms with Crippen LogP contribution >= 0.6 is 0 Å². The number of aliphatic hydroxyl groups is 1. The molecule has 0 amide bonds. The summed E-state index contributed by atoms with van der Waals surface area (Å²) in [7, 11) is 1.88. The number of hydrogen-bond acceptors (Lipinski definition) is 3. The topological polar surface area (TPSA) is 58.3 Å². The molecule has 0 radical (unpaired) electrons. The molecule has 0 aromatic carbocycles. The van der Waals surface area contributed by atoms with Gasteiger partial charge in [0, 0.05) is 19.2 Å². The molecule has 0 fully saturated rings. The zero-order valence-corrected chi connectivity index (χ0v) is 5.93. The third-order valence-electron chi connectivity index (χ3n) is 1.40. The van der Waals surface area contributed by atoms with Crippen molar-refractivity contribution in [1.29, 1.82) is 0 Å². The lowest BCUT2D eigenvalue weighted by atomic mass is 10.2. The molecule has 0 aromatic heterocycles. The highest BCUT2D eigenvalue weighted by molar-refractivity contribution is 4.63. The average Bonchev–Trinajstić information content (AvgIpc) is 1.91. The minimum Gasteiger partial charge on any atom is -0.396 e. The van der Waals surface area contributed by atoms with E-state index in [1.807, 2.05) is 7.05 Å². The molecule has 56 valence electrons. The predicted molar refractivity (Wildman–Crippen MR) is 38.2 cm³/mol. The number of hydrogen-bond donors (Lipinski definition) is 3. The van der Waals surface area contributed by atoms with Crippen molar-refractivity contribution in [3.63, 3.8) is 0 Å². The van der Waals surface area contributed by atoms with E-state index in [-0.39, 0.29) is 6.61 Å². The van der Waals surface area contributed by atoms with Gasteiger partial charge in [0.05, 0.1) is 0 Å². The highest BCUT2D eigenvalue weighted by Crippen LogP contribution is 1.92. The van der Waals surface area contributed by atoms with E-state index >= 15 is 0 Å². The van der Waals surface area contributed by atoms with Gasteiger partial charge in [-0.3, -0.25) is 0 Å². The van der Waals surface area contributed by atoms with Gasteiger partial charge in [-0.1, -0.05) is 0 Å². The zero-order valence-electron chi connectivity index (χ0n) is 5.93. The van der Waals surface area contributed by atoms with Crippen molar-refractivity contribution in [2.45, 2.75) is 18.9 Å². The van der Waals surface area contributed by atoms with Crippen molar-refractivity contribution in [1.82, 2.24) is 5.32 Å². The second-order valence-corrected chi connectivity index (χ2v) is 2.09. The van der Waals surface area contributed by atoms with E-state index in [0.29, 0.717) is 12.6 Å². The second-order valence-electron chi connectivity index (χ2n) is 2.09. The lowest BCUT2D eigenvalue weighted by molar-refractivity contribution is 0.276. The highest BCUT2D eigenvalue weighted by Gasteiger charge is 1.99. The van der Waals surface area contributed by atoms with Gasteiger partial charge < -0.3 is 16.2 Å². The quantitative estimate of drug-likeness (QED) is 0.464. The van der Waals surface area contributed by atoms with Crippen LogP contribution in [0.1, 0.15) is 12.8 Å². The maximum atomic E-state index is 8.44. The van der Waals surface area contributed by atoms with E-state index in [2.05, 4.69) is 5.32 Å². The first-order chi connectivity index (χ1) is 4.35. The van der Waals surface area contributed by atoms with Crippen LogP contribution in [0.3, 0.4) is 0 Å². The highest BCUT2D eigenvalue weighted by atomic mass is 16.2. The Hall–Kier alpha value is -0.120. The Bertz CT molecular complexity index is 55.0. The van der Waals surface area contributed by atoms with Crippen LogP contribution in [0.15, 0.2) is 0 Å². The molecule has 0 rings (SSSR count). The Morgan fingerprint density at radius 2 is 2.33 bits per heavy atom. The third kappa shape index (κ3) is 4.39. The smallest absolute Gasteiger partial charge is 0.0431 e. The summed E-state index contributed by atoms with van der Waals surface area (Å²) in [5.41, 5.74) is 5.38. The first-order valence-corrected chi connectivity index (χ1v) is 3.33. The molecule has 4 N–H and O–H groups in total. The van der Waals surface area contributed by atoms with Crippen LogP contribution < -0.4 is 11.1 Å². The van der Waals surface area contributed by atoms with Gasteiger partial charge in [0.1, 0.15) is 0 Å². The Morgan fingerprint density at radius 1 is 1.67 bits per heavy atom. The third-order valence-corrected chi connectivity index (χ3v) is 1.40. The van der Waals surface area contributed by atoms with Gasteiger partial charge in [0.15, 0.2) is 0 Å². The summed E-state index contributed by atoms with van der Waals surface area (Å²) in [6, 6.07) is 0.372. The van der Waals surface area contributed by atoms with Gasteiger partial charge in [0.25, 0.3) is 0 Å². The molecular weight excluding hydrogens is 116 g/mol. The number of nitrogens with two attached hydrogens (primary N) is 1. The number of rotatable bonds is 5. The maximum Gasteiger partial charge on any atom is 0.0431 e. The van der Waals surface area contributed by atoms with Gasteiger partial charge in [0.2, 0.25) is 0 Å². The number of nitrogens with one attached hydrogen (secondary N) is 1. The van der Waals surface area contributed by atoms with Gasteiger partial charge >= 0.3 is 0 Å². The van der Waals surface area contributed by atoms with E-state index in [1.54, 1.807) is 0 Å². The van der Waals surface area contributed by atoms with Crippen molar-refractivity contribution in [2.75, 3.05) is 20.2 Å². The summed E-state index contributed by atoms with van der Waals surface area (Å²) < 4.78 is 0. The summed E-state index contributed by atoms with van der Waals surface area (Å²) in [6.07, 6.45) is 1.80. The minimum absolute atomic E-state index is 0.262. The first-order valence-electron chi connectivity index (χ1n) is 3.33. The van der Waals surface area contributed by atoms with E-state index in [1.165, 1.54) is 0 Å². The summed E-state index contributed by atoms with van der Waals surface area (Å²) in [4.78, 5) is 0. The van der Waals surface area contributed by atoms with Crippen LogP contribution in [0, 0.1) is 0 Å². The molecule has 0 bridgehead atoms. The largest absolute Gasteiger partial charge is 0.396 e. The molecule has 1 atom stereocenters. The van der Waals surface area contributed by atoms with Crippen LogP contribution in [0.25, 0.3) is 0 Å². The molecule has 9 heavy (non-hydrogen) atoms. The van der Waals surface area contributed by atoms with E-state index in [9.17, 15) is 0 Å². The Labute approximate surface area is 56.2 Å². The van der Waals surface area contributed by atoms with Crippen LogP contribution in [-0.2, 0) is 0 Å². The number of likely N-dealkylation sites (N-methyl/N-ethyl adjacent to an activating group) is 1. The summed E-state index contributed by atoms with van der Waals surface area (Å²) in [5.74, 6) is 0. The molecule has 0 aliphatic rings. The molecule has 0 aromatic rings. The lowest BCUT2D eigenvalue weighted by Crippen LogP contribution is -2.33. The molecule has 0 aliphatic carbocycles. The van der Waals surface area contributed by atoms with Crippen LogP contribution in [-0.4, -0.2) is 31.3 Å². The SMILES string of the molecule is CNC(CN)CCCO. The van der Waals surface area contributed by atoms with Crippen molar-refractivity contribution >= 4 is 0 Å². The van der Waals surface area contributed by atoms with E-state index in [0.717, 1.165) is 12.8 Å². The molecule has 0 spiro atoms. The van der Waals surface area contributed by atoms with Crippen molar-refractivity contribution in [3.05, 3.63) is 0 Å². The fourth-order valence-electron chi connectivity index (χ4n) is 0.718. The van der Waals surface area contributed by atoms with Crippen molar-refractivity contribution in [3.8, 4) is 0 Å². The van der Waals surface area contributed by atoms with Crippen LogP contribution in [0.4, 0.5) is 0 Å². The van der Waals surface area contributed by atoms with Crippen molar-refractivity contribution < 1.29 is 5.11 Å². The monoisotopic (exact) mass is 132 g/mol. The molecule has 0 saturated carbocycles. The molecule has 0 saturated heterocycles. The average molecular weight is 132 g/mol. The normalized spacial score (nSPS) is 13.7. The Kier molecular flexibility index (Phi) is 5.93. The Balaban J connectivity index is 3.09. The van der Waals surface area contributed by atoms with E-state index in [4.69, 9.17) is 10.8 Å². The molecule has 0 heterocycles. The summed E-state index contributed by atoms with van der Waals surface area (Å²) >= 11 is 0. The van der Waals surface area contributed by atoms with Gasteiger partial charge in [-0.2, -0.15) is 0 Å². The minimum atomic E-state index is 0.262. The fraction of sp³-hybridized carbons (Fsp3) is 1.00. The fourth-order valence-corrected chi connectivity index (χ4v) is 0.718. The lowest BCUT2D eigenvalue weighted by Gasteiger charge is -2.11.